The summed E-state index contributed by atoms with van der Waals surface area (Å²) in [4.78, 5) is 28.2. The number of hydrogen-bond acceptors (Lipinski definition) is 4. The van der Waals surface area contributed by atoms with Gasteiger partial charge in [-0.25, -0.2) is 13.2 Å². The van der Waals surface area contributed by atoms with Gasteiger partial charge in [-0.05, 0) is 43.3 Å². The molecule has 6 nitrogen and oxygen atoms in total. The summed E-state index contributed by atoms with van der Waals surface area (Å²) in [6.45, 7) is 3.10. The van der Waals surface area contributed by atoms with Crippen LogP contribution in [0.2, 0.25) is 0 Å². The van der Waals surface area contributed by atoms with E-state index in [0.29, 0.717) is 31.9 Å². The summed E-state index contributed by atoms with van der Waals surface area (Å²) in [5.41, 5.74) is -0.471. The topological polar surface area (TPSA) is 61.9 Å². The molecule has 1 fully saturated rings. The van der Waals surface area contributed by atoms with Crippen LogP contribution in [0.1, 0.15) is 6.92 Å². The van der Waals surface area contributed by atoms with Gasteiger partial charge in [-0.1, -0.05) is 6.07 Å². The van der Waals surface area contributed by atoms with Gasteiger partial charge in [0.1, 0.15) is 28.9 Å². The van der Waals surface area contributed by atoms with E-state index in [2.05, 4.69) is 5.32 Å². The molecule has 1 heterocycles. The molecule has 0 bridgehead atoms. The van der Waals surface area contributed by atoms with Crippen molar-refractivity contribution in [1.29, 1.82) is 0 Å². The third-order valence-corrected chi connectivity index (χ3v) is 4.98. The third-order valence-electron chi connectivity index (χ3n) is 4.98. The van der Waals surface area contributed by atoms with Gasteiger partial charge in [0, 0.05) is 26.2 Å². The Morgan fingerprint density at radius 3 is 2.20 bits per heavy atom. The first kappa shape index (κ1) is 21.6. The summed E-state index contributed by atoms with van der Waals surface area (Å²) in [5, 5.41) is 2.29. The number of nitrogens with zero attached hydrogens (tertiary/aromatic N) is 2. The molecule has 1 N–H and O–H groups in total. The van der Waals surface area contributed by atoms with Crippen LogP contribution in [0.15, 0.2) is 42.5 Å². The summed E-state index contributed by atoms with van der Waals surface area (Å²) < 4.78 is 45.7. The van der Waals surface area contributed by atoms with Crippen LogP contribution in [-0.2, 0) is 9.59 Å². The number of piperazine rings is 1. The number of rotatable bonds is 6. The van der Waals surface area contributed by atoms with Crippen molar-refractivity contribution >= 4 is 17.5 Å². The number of ether oxygens (including phenoxy) is 1. The Morgan fingerprint density at radius 1 is 1.00 bits per heavy atom. The maximum Gasteiger partial charge on any atom is 0.260 e. The fourth-order valence-corrected chi connectivity index (χ4v) is 3.14. The van der Waals surface area contributed by atoms with E-state index in [1.54, 1.807) is 11.8 Å². The molecule has 0 aromatic heterocycles. The summed E-state index contributed by atoms with van der Waals surface area (Å²) in [6.07, 6.45) is 0. The summed E-state index contributed by atoms with van der Waals surface area (Å²) >= 11 is 0. The first-order chi connectivity index (χ1) is 14.3. The van der Waals surface area contributed by atoms with Crippen LogP contribution in [0.4, 0.5) is 18.9 Å². The van der Waals surface area contributed by atoms with Gasteiger partial charge >= 0.3 is 0 Å². The van der Waals surface area contributed by atoms with Crippen LogP contribution in [0.3, 0.4) is 0 Å². The predicted molar refractivity (Wildman–Crippen MR) is 104 cm³/mol. The molecule has 1 atom stereocenters. The van der Waals surface area contributed by atoms with E-state index in [-0.39, 0.29) is 18.3 Å². The first-order valence-corrected chi connectivity index (χ1v) is 9.50. The average molecular weight is 421 g/mol. The number of carbonyl (C=O) groups is 2. The van der Waals surface area contributed by atoms with E-state index in [4.69, 9.17) is 4.74 Å². The number of carbonyl (C=O) groups excluding carboxylic acids is 2. The highest BCUT2D eigenvalue weighted by Gasteiger charge is 2.28. The number of para-hydroxylation sites is 1. The number of halogens is 3. The largest absolute Gasteiger partial charge is 0.484 e. The Hall–Kier alpha value is -3.07. The molecular weight excluding hydrogens is 399 g/mol. The zero-order chi connectivity index (χ0) is 21.7. The molecule has 1 aliphatic heterocycles. The minimum absolute atomic E-state index is 0.172. The monoisotopic (exact) mass is 421 g/mol. The Labute approximate surface area is 172 Å². The van der Waals surface area contributed by atoms with Crippen molar-refractivity contribution in [3.63, 3.8) is 0 Å². The Bertz CT molecular complexity index is 880. The SMILES string of the molecule is CC(C(=O)Nc1c(F)cccc1F)N1CCN(C(=O)COc2ccc(F)cc2)CC1. The van der Waals surface area contributed by atoms with Crippen LogP contribution < -0.4 is 10.1 Å². The molecule has 0 spiro atoms. The van der Waals surface area contributed by atoms with E-state index in [1.807, 2.05) is 4.90 Å². The highest BCUT2D eigenvalue weighted by atomic mass is 19.1. The van der Waals surface area contributed by atoms with Crippen molar-refractivity contribution < 1.29 is 27.5 Å². The molecule has 9 heteroatoms. The van der Waals surface area contributed by atoms with Gasteiger partial charge in [0.2, 0.25) is 5.91 Å². The van der Waals surface area contributed by atoms with Gasteiger partial charge < -0.3 is 15.0 Å². The maximum atomic E-state index is 13.7. The van der Waals surface area contributed by atoms with E-state index < -0.39 is 29.3 Å². The summed E-state index contributed by atoms with van der Waals surface area (Å²) in [5.74, 6) is -2.42. The van der Waals surface area contributed by atoms with Crippen molar-refractivity contribution in [2.75, 3.05) is 38.1 Å². The lowest BCUT2D eigenvalue weighted by Gasteiger charge is -2.37. The third kappa shape index (κ3) is 5.29. The highest BCUT2D eigenvalue weighted by Crippen LogP contribution is 2.19. The van der Waals surface area contributed by atoms with Crippen LogP contribution in [-0.4, -0.2) is 60.4 Å². The van der Waals surface area contributed by atoms with Crippen molar-refractivity contribution in [2.24, 2.45) is 0 Å². The Balaban J connectivity index is 1.47. The van der Waals surface area contributed by atoms with Crippen molar-refractivity contribution in [3.05, 3.63) is 59.9 Å². The highest BCUT2D eigenvalue weighted by molar-refractivity contribution is 5.94. The summed E-state index contributed by atoms with van der Waals surface area (Å²) in [6, 6.07) is 8.12. The fraction of sp³-hybridized carbons (Fsp3) is 0.333. The second-order valence-corrected chi connectivity index (χ2v) is 6.92. The number of hydrogen-bond donors (Lipinski definition) is 1. The Morgan fingerprint density at radius 2 is 1.60 bits per heavy atom. The molecule has 30 heavy (non-hydrogen) atoms. The van der Waals surface area contributed by atoms with Crippen LogP contribution in [0.5, 0.6) is 5.75 Å². The van der Waals surface area contributed by atoms with Gasteiger partial charge in [0.25, 0.3) is 5.91 Å². The first-order valence-electron chi connectivity index (χ1n) is 9.50. The molecule has 2 aromatic rings. The molecule has 0 radical (unpaired) electrons. The van der Waals surface area contributed by atoms with Gasteiger partial charge in [0.15, 0.2) is 6.61 Å². The number of anilines is 1. The molecule has 2 aromatic carbocycles. The number of benzene rings is 2. The zero-order valence-electron chi connectivity index (χ0n) is 16.4. The van der Waals surface area contributed by atoms with Gasteiger partial charge in [-0.2, -0.15) is 0 Å². The normalized spacial score (nSPS) is 15.5. The molecule has 0 aliphatic carbocycles. The second kappa shape index (κ2) is 9.62. The summed E-state index contributed by atoms with van der Waals surface area (Å²) in [7, 11) is 0. The zero-order valence-corrected chi connectivity index (χ0v) is 16.4. The molecule has 0 saturated carbocycles. The van der Waals surface area contributed by atoms with Crippen LogP contribution >= 0.6 is 0 Å². The van der Waals surface area contributed by atoms with Crippen LogP contribution in [0.25, 0.3) is 0 Å². The molecular formula is C21H22F3N3O3. The van der Waals surface area contributed by atoms with Gasteiger partial charge in [-0.3, -0.25) is 14.5 Å². The fourth-order valence-electron chi connectivity index (χ4n) is 3.14. The molecule has 1 aliphatic rings. The van der Waals surface area contributed by atoms with E-state index in [0.717, 1.165) is 12.1 Å². The smallest absolute Gasteiger partial charge is 0.260 e. The van der Waals surface area contributed by atoms with E-state index >= 15 is 0 Å². The molecule has 1 unspecified atom stereocenters. The van der Waals surface area contributed by atoms with Gasteiger partial charge in [0.05, 0.1) is 6.04 Å². The molecule has 3 rings (SSSR count). The van der Waals surface area contributed by atoms with Crippen molar-refractivity contribution in [1.82, 2.24) is 9.80 Å². The molecule has 160 valence electrons. The maximum absolute atomic E-state index is 13.7. The van der Waals surface area contributed by atoms with E-state index in [1.165, 1.54) is 30.3 Å². The average Bonchev–Trinajstić information content (AvgIpc) is 2.75. The number of nitrogens with one attached hydrogen (secondary N) is 1. The van der Waals surface area contributed by atoms with E-state index in [9.17, 15) is 22.8 Å². The van der Waals surface area contributed by atoms with Crippen molar-refractivity contribution in [3.8, 4) is 5.75 Å². The lowest BCUT2D eigenvalue weighted by Crippen LogP contribution is -2.54. The standard InChI is InChI=1S/C21H22F3N3O3/c1-14(21(29)25-20-17(23)3-2-4-18(20)24)26-9-11-27(12-10-26)19(28)13-30-16-7-5-15(22)6-8-16/h2-8,14H,9-13H2,1H3,(H,25,29). The lowest BCUT2D eigenvalue weighted by molar-refractivity contribution is -0.135. The Kier molecular flexibility index (Phi) is 6.94. The van der Waals surface area contributed by atoms with Gasteiger partial charge in [-0.15, -0.1) is 0 Å². The molecule has 2 amide bonds. The quantitative estimate of drug-likeness (QED) is 0.779. The van der Waals surface area contributed by atoms with Crippen molar-refractivity contribution in [2.45, 2.75) is 13.0 Å². The number of amides is 2. The predicted octanol–water partition coefficient (Wildman–Crippen LogP) is 2.65. The minimum atomic E-state index is -0.841. The van der Waals surface area contributed by atoms with Crippen LogP contribution in [0, 0.1) is 17.5 Å². The second-order valence-electron chi connectivity index (χ2n) is 6.92. The molecule has 1 saturated heterocycles. The minimum Gasteiger partial charge on any atom is -0.484 e. The lowest BCUT2D eigenvalue weighted by atomic mass is 10.2.